The Labute approximate surface area is 143 Å². The van der Waals surface area contributed by atoms with Crippen molar-refractivity contribution < 1.29 is 4.79 Å². The maximum Gasteiger partial charge on any atom is 0.261 e. The van der Waals surface area contributed by atoms with E-state index in [1.54, 1.807) is 6.08 Å². The van der Waals surface area contributed by atoms with Crippen LogP contribution in [0, 0.1) is 11.3 Å². The molecule has 1 amide bonds. The maximum atomic E-state index is 12.2. The molecule has 0 fully saturated rings. The first-order valence-electron chi connectivity index (χ1n) is 8.72. The lowest BCUT2D eigenvalue weighted by Crippen LogP contribution is -2.25. The van der Waals surface area contributed by atoms with Crippen LogP contribution in [0.4, 0.5) is 0 Å². The number of hydrogen-bond acceptors (Lipinski definition) is 2. The number of nitrogens with one attached hydrogen (secondary N) is 2. The lowest BCUT2D eigenvalue weighted by atomic mass is 10.1. The second kappa shape index (κ2) is 9.57. The fraction of sp³-hybridized carbons (Fsp3) is 0.400. The van der Waals surface area contributed by atoms with Gasteiger partial charge in [0.2, 0.25) is 0 Å². The highest BCUT2D eigenvalue weighted by atomic mass is 16.1. The number of H-pyrrole nitrogens is 1. The highest BCUT2D eigenvalue weighted by Gasteiger charge is 2.10. The average molecular weight is 323 g/mol. The van der Waals surface area contributed by atoms with Crippen molar-refractivity contribution in [2.24, 2.45) is 0 Å². The average Bonchev–Trinajstić information content (AvgIpc) is 3.01. The minimum atomic E-state index is -0.295. The first-order valence-corrected chi connectivity index (χ1v) is 8.72. The van der Waals surface area contributed by atoms with Crippen molar-refractivity contribution >= 4 is 22.9 Å². The smallest absolute Gasteiger partial charge is 0.261 e. The number of nitrogens with zero attached hydrogens (tertiary/aromatic N) is 1. The Kier molecular flexibility index (Phi) is 7.10. The standard InChI is InChI=1S/C20H25N3O/c1-2-3-4-5-6-9-12-22-20(24)16(14-21)13-17-15-23-19-11-8-7-10-18(17)19/h7-8,10-11,13,15,23H,2-6,9,12H2,1H3,(H,22,24)/b16-13+. The summed E-state index contributed by atoms with van der Waals surface area (Å²) < 4.78 is 0. The summed E-state index contributed by atoms with van der Waals surface area (Å²) in [6.07, 6.45) is 10.5. The number of carbonyl (C=O) groups is 1. The van der Waals surface area contributed by atoms with Gasteiger partial charge in [-0.15, -0.1) is 0 Å². The quantitative estimate of drug-likeness (QED) is 0.404. The van der Waals surface area contributed by atoms with Gasteiger partial charge in [0.25, 0.3) is 5.91 Å². The number of amides is 1. The van der Waals surface area contributed by atoms with Gasteiger partial charge >= 0.3 is 0 Å². The third-order valence-electron chi connectivity index (χ3n) is 4.10. The van der Waals surface area contributed by atoms with Crippen molar-refractivity contribution in [3.05, 3.63) is 41.6 Å². The lowest BCUT2D eigenvalue weighted by molar-refractivity contribution is -0.117. The number of aromatic amines is 1. The summed E-state index contributed by atoms with van der Waals surface area (Å²) in [5.74, 6) is -0.295. The van der Waals surface area contributed by atoms with Gasteiger partial charge in [0.05, 0.1) is 0 Å². The van der Waals surface area contributed by atoms with Crippen LogP contribution >= 0.6 is 0 Å². The van der Waals surface area contributed by atoms with Gasteiger partial charge in [-0.25, -0.2) is 0 Å². The molecular weight excluding hydrogens is 298 g/mol. The van der Waals surface area contributed by atoms with Gasteiger partial charge in [0.15, 0.2) is 0 Å². The zero-order valence-electron chi connectivity index (χ0n) is 14.3. The normalized spacial score (nSPS) is 11.4. The van der Waals surface area contributed by atoms with E-state index >= 15 is 0 Å². The van der Waals surface area contributed by atoms with E-state index in [-0.39, 0.29) is 11.5 Å². The number of aromatic nitrogens is 1. The summed E-state index contributed by atoms with van der Waals surface area (Å²) >= 11 is 0. The van der Waals surface area contributed by atoms with Crippen LogP contribution in [0.25, 0.3) is 17.0 Å². The van der Waals surface area contributed by atoms with Crippen LogP contribution in [-0.4, -0.2) is 17.4 Å². The van der Waals surface area contributed by atoms with E-state index in [1.165, 1.54) is 25.7 Å². The van der Waals surface area contributed by atoms with E-state index in [4.69, 9.17) is 0 Å². The monoisotopic (exact) mass is 323 g/mol. The van der Waals surface area contributed by atoms with Crippen molar-refractivity contribution in [3.8, 4) is 6.07 Å². The number of unbranched alkanes of at least 4 members (excludes halogenated alkanes) is 5. The molecule has 0 bridgehead atoms. The Hall–Kier alpha value is -2.54. The summed E-state index contributed by atoms with van der Waals surface area (Å²) in [7, 11) is 0. The number of carbonyl (C=O) groups excluding carboxylic acids is 1. The Morgan fingerprint density at radius 1 is 1.21 bits per heavy atom. The van der Waals surface area contributed by atoms with E-state index in [9.17, 15) is 10.1 Å². The molecule has 0 atom stereocenters. The molecule has 2 N–H and O–H groups in total. The van der Waals surface area contributed by atoms with Crippen LogP contribution in [0.5, 0.6) is 0 Å². The molecule has 1 heterocycles. The Bertz CT molecular complexity index is 737. The fourth-order valence-corrected chi connectivity index (χ4v) is 2.72. The van der Waals surface area contributed by atoms with E-state index < -0.39 is 0 Å². The minimum absolute atomic E-state index is 0.144. The van der Waals surface area contributed by atoms with E-state index in [0.717, 1.165) is 29.3 Å². The largest absolute Gasteiger partial charge is 0.361 e. The number of benzene rings is 1. The minimum Gasteiger partial charge on any atom is -0.361 e. The summed E-state index contributed by atoms with van der Waals surface area (Å²) in [4.78, 5) is 15.3. The van der Waals surface area contributed by atoms with Gasteiger partial charge in [-0.3, -0.25) is 4.79 Å². The van der Waals surface area contributed by atoms with Crippen LogP contribution in [0.1, 0.15) is 51.0 Å². The van der Waals surface area contributed by atoms with Gasteiger partial charge in [-0.1, -0.05) is 57.2 Å². The molecule has 0 saturated heterocycles. The first-order chi connectivity index (χ1) is 11.8. The van der Waals surface area contributed by atoms with Gasteiger partial charge in [0, 0.05) is 29.2 Å². The Balaban J connectivity index is 1.89. The lowest BCUT2D eigenvalue weighted by Gasteiger charge is -2.04. The van der Waals surface area contributed by atoms with E-state index in [1.807, 2.05) is 36.5 Å². The van der Waals surface area contributed by atoms with Crippen LogP contribution < -0.4 is 5.32 Å². The molecule has 4 heteroatoms. The van der Waals surface area contributed by atoms with Gasteiger partial charge < -0.3 is 10.3 Å². The molecular formula is C20H25N3O. The SMILES string of the molecule is CCCCCCCCNC(=O)/C(C#N)=C/c1c[nH]c2ccccc12. The molecule has 1 aromatic carbocycles. The molecule has 0 aliphatic carbocycles. The van der Waals surface area contributed by atoms with Crippen molar-refractivity contribution in [3.63, 3.8) is 0 Å². The molecule has 2 aromatic rings. The zero-order valence-corrected chi connectivity index (χ0v) is 14.3. The maximum absolute atomic E-state index is 12.2. The number of para-hydroxylation sites is 1. The number of rotatable bonds is 9. The Morgan fingerprint density at radius 3 is 2.75 bits per heavy atom. The predicted octanol–water partition coefficient (Wildman–Crippen LogP) is 4.55. The second-order valence-electron chi connectivity index (χ2n) is 5.98. The van der Waals surface area contributed by atoms with Gasteiger partial charge in [0.1, 0.15) is 11.6 Å². The zero-order chi connectivity index (χ0) is 17.2. The molecule has 0 aliphatic heterocycles. The summed E-state index contributed by atoms with van der Waals surface area (Å²) in [6, 6.07) is 9.84. The van der Waals surface area contributed by atoms with Crippen molar-refractivity contribution in [2.75, 3.05) is 6.54 Å². The highest BCUT2D eigenvalue weighted by Crippen LogP contribution is 2.20. The molecule has 24 heavy (non-hydrogen) atoms. The van der Waals surface area contributed by atoms with Crippen LogP contribution in [0.15, 0.2) is 36.0 Å². The molecule has 4 nitrogen and oxygen atoms in total. The molecule has 0 radical (unpaired) electrons. The van der Waals surface area contributed by atoms with Crippen molar-refractivity contribution in [1.82, 2.24) is 10.3 Å². The van der Waals surface area contributed by atoms with Crippen LogP contribution in [-0.2, 0) is 4.79 Å². The van der Waals surface area contributed by atoms with Crippen LogP contribution in [0.2, 0.25) is 0 Å². The first kappa shape index (κ1) is 17.8. The van der Waals surface area contributed by atoms with E-state index in [0.29, 0.717) is 6.54 Å². The Morgan fingerprint density at radius 2 is 1.96 bits per heavy atom. The summed E-state index contributed by atoms with van der Waals surface area (Å²) in [5.41, 5.74) is 2.00. The number of nitriles is 1. The predicted molar refractivity (Wildman–Crippen MR) is 98.3 cm³/mol. The molecule has 126 valence electrons. The van der Waals surface area contributed by atoms with E-state index in [2.05, 4.69) is 17.2 Å². The topological polar surface area (TPSA) is 68.7 Å². The molecule has 2 rings (SSSR count). The van der Waals surface area contributed by atoms with Crippen LogP contribution in [0.3, 0.4) is 0 Å². The highest BCUT2D eigenvalue weighted by molar-refractivity contribution is 6.03. The van der Waals surface area contributed by atoms with Gasteiger partial charge in [-0.2, -0.15) is 5.26 Å². The molecule has 0 aliphatic rings. The molecule has 0 unspecified atom stereocenters. The number of hydrogen-bond donors (Lipinski definition) is 2. The molecule has 0 saturated carbocycles. The third-order valence-corrected chi connectivity index (χ3v) is 4.10. The van der Waals surface area contributed by atoms with Crippen molar-refractivity contribution in [2.45, 2.75) is 45.4 Å². The number of fused-ring (bicyclic) bond motifs is 1. The van der Waals surface area contributed by atoms with Crippen molar-refractivity contribution in [1.29, 1.82) is 5.26 Å². The second-order valence-corrected chi connectivity index (χ2v) is 5.98. The summed E-state index contributed by atoms with van der Waals surface area (Å²) in [6.45, 7) is 2.82. The molecule has 0 spiro atoms. The fourth-order valence-electron chi connectivity index (χ4n) is 2.72. The molecule has 1 aromatic heterocycles. The third kappa shape index (κ3) is 4.99. The van der Waals surface area contributed by atoms with Gasteiger partial charge in [-0.05, 0) is 18.6 Å². The summed E-state index contributed by atoms with van der Waals surface area (Å²) in [5, 5.41) is 13.1.